The number of hydrogen-bond donors (Lipinski definition) is 2. The van der Waals surface area contributed by atoms with Crippen LogP contribution in [-0.4, -0.2) is 17.6 Å². The van der Waals surface area contributed by atoms with Crippen molar-refractivity contribution in [2.75, 3.05) is 6.54 Å². The van der Waals surface area contributed by atoms with Crippen LogP contribution in [0.3, 0.4) is 0 Å². The quantitative estimate of drug-likeness (QED) is 0.874. The smallest absolute Gasteiger partial charge is 0.256 e. The molecule has 1 atom stereocenters. The van der Waals surface area contributed by atoms with Crippen molar-refractivity contribution >= 4 is 5.91 Å². The Kier molecular flexibility index (Phi) is 4.53. The highest BCUT2D eigenvalue weighted by Crippen LogP contribution is 2.14. The summed E-state index contributed by atoms with van der Waals surface area (Å²) < 4.78 is 4.98. The summed E-state index contributed by atoms with van der Waals surface area (Å²) in [6, 6.07) is 9.76. The monoisotopic (exact) mass is 273 g/mol. The third kappa shape index (κ3) is 3.24. The molecule has 5 heteroatoms. The Morgan fingerprint density at radius 3 is 2.65 bits per heavy atom. The Labute approximate surface area is 118 Å². The summed E-state index contributed by atoms with van der Waals surface area (Å²) in [6.45, 7) is 3.99. The molecule has 106 valence electrons. The first-order valence-electron chi connectivity index (χ1n) is 6.61. The van der Waals surface area contributed by atoms with E-state index in [1.165, 1.54) is 0 Å². The van der Waals surface area contributed by atoms with Crippen molar-refractivity contribution in [2.45, 2.75) is 26.3 Å². The molecule has 1 aromatic heterocycles. The molecule has 0 saturated carbocycles. The van der Waals surface area contributed by atoms with Gasteiger partial charge >= 0.3 is 0 Å². The van der Waals surface area contributed by atoms with E-state index in [-0.39, 0.29) is 11.9 Å². The van der Waals surface area contributed by atoms with Gasteiger partial charge in [0.2, 0.25) is 0 Å². The summed E-state index contributed by atoms with van der Waals surface area (Å²) in [5, 5.41) is 6.62. The minimum Gasteiger partial charge on any atom is -0.361 e. The molecule has 1 heterocycles. The number of carbonyl (C=O) groups is 1. The number of carbonyl (C=O) groups excluding carboxylic acids is 1. The number of rotatable bonds is 5. The SMILES string of the molecule is Cc1noc(C)c1C(=O)NCCC(N)c1ccccc1. The summed E-state index contributed by atoms with van der Waals surface area (Å²) in [6.07, 6.45) is 0.680. The second-order valence-electron chi connectivity index (χ2n) is 4.76. The molecule has 0 fully saturated rings. The van der Waals surface area contributed by atoms with E-state index in [1.807, 2.05) is 30.3 Å². The van der Waals surface area contributed by atoms with Gasteiger partial charge in [0.25, 0.3) is 5.91 Å². The number of benzene rings is 1. The second kappa shape index (κ2) is 6.34. The Morgan fingerprint density at radius 1 is 1.35 bits per heavy atom. The molecular weight excluding hydrogens is 254 g/mol. The number of amides is 1. The first kappa shape index (κ1) is 14.3. The van der Waals surface area contributed by atoms with E-state index >= 15 is 0 Å². The van der Waals surface area contributed by atoms with Crippen LogP contribution in [0, 0.1) is 13.8 Å². The molecule has 2 rings (SSSR count). The van der Waals surface area contributed by atoms with Gasteiger partial charge in [-0.15, -0.1) is 0 Å². The van der Waals surface area contributed by atoms with E-state index < -0.39 is 0 Å². The van der Waals surface area contributed by atoms with Crippen LogP contribution in [0.5, 0.6) is 0 Å². The Bertz CT molecular complexity index is 559. The number of nitrogens with two attached hydrogens (primary N) is 1. The lowest BCUT2D eigenvalue weighted by Crippen LogP contribution is -2.27. The zero-order valence-electron chi connectivity index (χ0n) is 11.7. The number of hydrogen-bond acceptors (Lipinski definition) is 4. The molecule has 1 amide bonds. The van der Waals surface area contributed by atoms with Crippen LogP contribution < -0.4 is 11.1 Å². The average Bonchev–Trinajstić information content (AvgIpc) is 2.79. The zero-order chi connectivity index (χ0) is 14.5. The van der Waals surface area contributed by atoms with Crippen molar-refractivity contribution in [3.05, 3.63) is 52.9 Å². The summed E-state index contributed by atoms with van der Waals surface area (Å²) in [5.41, 5.74) is 8.26. The molecule has 3 N–H and O–H groups in total. The third-order valence-electron chi connectivity index (χ3n) is 3.23. The molecule has 0 aliphatic heterocycles. The lowest BCUT2D eigenvalue weighted by Gasteiger charge is -2.12. The first-order chi connectivity index (χ1) is 9.59. The van der Waals surface area contributed by atoms with E-state index in [2.05, 4.69) is 10.5 Å². The van der Waals surface area contributed by atoms with E-state index in [4.69, 9.17) is 10.3 Å². The van der Waals surface area contributed by atoms with Crippen LogP contribution in [0.4, 0.5) is 0 Å². The normalized spacial score (nSPS) is 12.2. The molecule has 2 aromatic rings. The van der Waals surface area contributed by atoms with Gasteiger partial charge in [-0.05, 0) is 25.8 Å². The van der Waals surface area contributed by atoms with Gasteiger partial charge in [0, 0.05) is 12.6 Å². The second-order valence-corrected chi connectivity index (χ2v) is 4.76. The molecule has 0 aliphatic carbocycles. The van der Waals surface area contributed by atoms with Gasteiger partial charge in [0.1, 0.15) is 11.3 Å². The predicted molar refractivity (Wildman–Crippen MR) is 76.3 cm³/mol. The summed E-state index contributed by atoms with van der Waals surface area (Å²) >= 11 is 0. The molecule has 1 unspecified atom stereocenters. The van der Waals surface area contributed by atoms with Crippen molar-refractivity contribution in [3.63, 3.8) is 0 Å². The van der Waals surface area contributed by atoms with Crippen LogP contribution in [0.1, 0.15) is 39.8 Å². The molecule has 1 aromatic carbocycles. The van der Waals surface area contributed by atoms with Gasteiger partial charge in [0.15, 0.2) is 0 Å². The van der Waals surface area contributed by atoms with E-state index in [9.17, 15) is 4.79 Å². The van der Waals surface area contributed by atoms with E-state index in [0.29, 0.717) is 30.0 Å². The highest BCUT2D eigenvalue weighted by molar-refractivity contribution is 5.96. The molecular formula is C15H19N3O2. The lowest BCUT2D eigenvalue weighted by atomic mass is 10.0. The van der Waals surface area contributed by atoms with Crippen molar-refractivity contribution in [2.24, 2.45) is 5.73 Å². The number of nitrogens with one attached hydrogen (secondary N) is 1. The Hall–Kier alpha value is -2.14. The fourth-order valence-electron chi connectivity index (χ4n) is 2.10. The molecule has 0 aliphatic rings. The van der Waals surface area contributed by atoms with Crippen molar-refractivity contribution < 1.29 is 9.32 Å². The highest BCUT2D eigenvalue weighted by atomic mass is 16.5. The van der Waals surface area contributed by atoms with Gasteiger partial charge in [-0.2, -0.15) is 0 Å². The minimum absolute atomic E-state index is 0.0823. The summed E-state index contributed by atoms with van der Waals surface area (Å²) in [7, 11) is 0. The van der Waals surface area contributed by atoms with Crippen LogP contribution in [0.2, 0.25) is 0 Å². The largest absolute Gasteiger partial charge is 0.361 e. The van der Waals surface area contributed by atoms with Crippen LogP contribution in [-0.2, 0) is 0 Å². The van der Waals surface area contributed by atoms with Gasteiger partial charge < -0.3 is 15.6 Å². The lowest BCUT2D eigenvalue weighted by molar-refractivity contribution is 0.0950. The van der Waals surface area contributed by atoms with Crippen LogP contribution in [0.15, 0.2) is 34.9 Å². The van der Waals surface area contributed by atoms with Crippen molar-refractivity contribution in [3.8, 4) is 0 Å². The van der Waals surface area contributed by atoms with Crippen molar-refractivity contribution in [1.29, 1.82) is 0 Å². The maximum Gasteiger partial charge on any atom is 0.256 e. The predicted octanol–water partition coefficient (Wildman–Crippen LogP) is 2.11. The fraction of sp³-hybridized carbons (Fsp3) is 0.333. The molecule has 5 nitrogen and oxygen atoms in total. The van der Waals surface area contributed by atoms with Crippen LogP contribution in [0.25, 0.3) is 0 Å². The highest BCUT2D eigenvalue weighted by Gasteiger charge is 2.17. The molecule has 0 saturated heterocycles. The summed E-state index contributed by atoms with van der Waals surface area (Å²) in [5.74, 6) is 0.369. The number of nitrogens with zero attached hydrogens (tertiary/aromatic N) is 1. The first-order valence-corrected chi connectivity index (χ1v) is 6.61. The third-order valence-corrected chi connectivity index (χ3v) is 3.23. The molecule has 0 spiro atoms. The zero-order valence-corrected chi connectivity index (χ0v) is 11.7. The Morgan fingerprint density at radius 2 is 2.05 bits per heavy atom. The Balaban J connectivity index is 1.86. The molecule has 20 heavy (non-hydrogen) atoms. The van der Waals surface area contributed by atoms with Gasteiger partial charge in [-0.25, -0.2) is 0 Å². The molecule has 0 radical (unpaired) electrons. The maximum atomic E-state index is 12.0. The van der Waals surface area contributed by atoms with Gasteiger partial charge in [-0.1, -0.05) is 35.5 Å². The topological polar surface area (TPSA) is 81.2 Å². The average molecular weight is 273 g/mol. The number of aromatic nitrogens is 1. The van der Waals surface area contributed by atoms with Gasteiger partial charge in [0.05, 0.1) is 5.69 Å². The van der Waals surface area contributed by atoms with E-state index in [1.54, 1.807) is 13.8 Å². The number of aryl methyl sites for hydroxylation is 2. The maximum absolute atomic E-state index is 12.0. The fourth-order valence-corrected chi connectivity index (χ4v) is 2.10. The molecule has 0 bridgehead atoms. The van der Waals surface area contributed by atoms with Gasteiger partial charge in [-0.3, -0.25) is 4.79 Å². The standard InChI is InChI=1S/C15H19N3O2/c1-10-14(11(2)20-18-10)15(19)17-9-8-13(16)12-6-4-3-5-7-12/h3-7,13H,8-9,16H2,1-2H3,(H,17,19). The minimum atomic E-state index is -0.165. The van der Waals surface area contributed by atoms with Crippen molar-refractivity contribution in [1.82, 2.24) is 10.5 Å². The van der Waals surface area contributed by atoms with Crippen LogP contribution >= 0.6 is 0 Å². The van der Waals surface area contributed by atoms with E-state index in [0.717, 1.165) is 5.56 Å². The summed E-state index contributed by atoms with van der Waals surface area (Å²) in [4.78, 5) is 12.0.